The van der Waals surface area contributed by atoms with Crippen molar-refractivity contribution >= 4 is 0 Å². The molecule has 1 heteroatoms. The van der Waals surface area contributed by atoms with Gasteiger partial charge >= 0.3 is 0 Å². The zero-order valence-electron chi connectivity index (χ0n) is 12.6. The lowest BCUT2D eigenvalue weighted by Crippen LogP contribution is -2.50. The summed E-state index contributed by atoms with van der Waals surface area (Å²) in [5.41, 5.74) is -0.328. The van der Waals surface area contributed by atoms with Crippen LogP contribution in [-0.4, -0.2) is 10.7 Å². The van der Waals surface area contributed by atoms with E-state index in [1.165, 1.54) is 51.4 Å². The fraction of sp³-hybridized carbons (Fsp3) is 1.00. The van der Waals surface area contributed by atoms with E-state index in [9.17, 15) is 5.11 Å². The second-order valence-corrected chi connectivity index (χ2v) is 7.21. The summed E-state index contributed by atoms with van der Waals surface area (Å²) < 4.78 is 0. The van der Waals surface area contributed by atoms with E-state index >= 15 is 0 Å². The normalized spacial score (nSPS) is 42.2. The first-order valence-corrected chi connectivity index (χ1v) is 8.30. The minimum atomic E-state index is -0.328. The van der Waals surface area contributed by atoms with Gasteiger partial charge < -0.3 is 5.11 Å². The Bertz CT molecular complexity index is 252. The third kappa shape index (κ3) is 2.76. The molecule has 0 heterocycles. The second-order valence-electron chi connectivity index (χ2n) is 7.21. The molecule has 106 valence electrons. The van der Waals surface area contributed by atoms with E-state index in [0.29, 0.717) is 17.8 Å². The highest BCUT2D eigenvalue weighted by Crippen LogP contribution is 2.48. The summed E-state index contributed by atoms with van der Waals surface area (Å²) in [6, 6.07) is 0. The molecule has 18 heavy (non-hydrogen) atoms. The zero-order chi connectivity index (χ0) is 13.2. The van der Waals surface area contributed by atoms with E-state index in [2.05, 4.69) is 20.8 Å². The summed E-state index contributed by atoms with van der Waals surface area (Å²) in [5, 5.41) is 11.3. The van der Waals surface area contributed by atoms with E-state index in [-0.39, 0.29) is 5.60 Å². The van der Waals surface area contributed by atoms with Crippen LogP contribution in [0.5, 0.6) is 0 Å². The highest BCUT2D eigenvalue weighted by atomic mass is 16.3. The van der Waals surface area contributed by atoms with Crippen molar-refractivity contribution in [3.05, 3.63) is 0 Å². The molecule has 0 aliphatic heterocycles. The average molecular weight is 252 g/mol. The molecule has 0 bridgehead atoms. The molecular formula is C17H32O. The lowest BCUT2D eigenvalue weighted by Gasteiger charge is -2.49. The first-order chi connectivity index (χ1) is 8.58. The average Bonchev–Trinajstić information content (AvgIpc) is 2.39. The van der Waals surface area contributed by atoms with Crippen LogP contribution < -0.4 is 0 Å². The molecule has 2 atom stereocenters. The molecule has 0 saturated heterocycles. The molecule has 1 nitrogen and oxygen atoms in total. The molecule has 2 rings (SSSR count). The van der Waals surface area contributed by atoms with Gasteiger partial charge in [-0.3, -0.25) is 0 Å². The van der Waals surface area contributed by atoms with Crippen LogP contribution in [-0.2, 0) is 0 Å². The summed E-state index contributed by atoms with van der Waals surface area (Å²) in [6.07, 6.45) is 11.5. The Balaban J connectivity index is 2.04. The summed E-state index contributed by atoms with van der Waals surface area (Å²) in [4.78, 5) is 0. The molecule has 0 aromatic heterocycles. The number of hydrogen-bond donors (Lipinski definition) is 1. The van der Waals surface area contributed by atoms with E-state index in [0.717, 1.165) is 12.3 Å². The van der Waals surface area contributed by atoms with Gasteiger partial charge in [-0.2, -0.15) is 0 Å². The predicted octanol–water partition coefficient (Wildman–Crippen LogP) is 4.78. The van der Waals surface area contributed by atoms with Crippen LogP contribution in [0.15, 0.2) is 0 Å². The van der Waals surface area contributed by atoms with E-state index in [4.69, 9.17) is 0 Å². The fourth-order valence-corrected chi connectivity index (χ4v) is 4.70. The molecule has 2 saturated carbocycles. The van der Waals surface area contributed by atoms with Crippen LogP contribution in [0.4, 0.5) is 0 Å². The van der Waals surface area contributed by atoms with Gasteiger partial charge in [0.15, 0.2) is 0 Å². The first kappa shape index (κ1) is 14.4. The van der Waals surface area contributed by atoms with Crippen molar-refractivity contribution in [3.8, 4) is 0 Å². The lowest BCUT2D eigenvalue weighted by molar-refractivity contribution is -0.121. The molecule has 2 aliphatic carbocycles. The Morgan fingerprint density at radius 1 is 1.06 bits per heavy atom. The second kappa shape index (κ2) is 5.94. The summed E-state index contributed by atoms with van der Waals surface area (Å²) in [7, 11) is 0. The van der Waals surface area contributed by atoms with Crippen molar-refractivity contribution < 1.29 is 5.11 Å². The predicted molar refractivity (Wildman–Crippen MR) is 77.5 cm³/mol. The topological polar surface area (TPSA) is 20.2 Å². The van der Waals surface area contributed by atoms with Crippen molar-refractivity contribution in [1.29, 1.82) is 0 Å². The Kier molecular flexibility index (Phi) is 4.75. The van der Waals surface area contributed by atoms with Crippen molar-refractivity contribution in [2.24, 2.45) is 23.7 Å². The van der Waals surface area contributed by atoms with Crippen LogP contribution in [0.25, 0.3) is 0 Å². The Labute approximate surface area is 113 Å². The van der Waals surface area contributed by atoms with Gasteiger partial charge in [0, 0.05) is 0 Å². The van der Waals surface area contributed by atoms with Crippen LogP contribution in [0, 0.1) is 23.7 Å². The largest absolute Gasteiger partial charge is 0.389 e. The fourth-order valence-electron chi connectivity index (χ4n) is 4.70. The summed E-state index contributed by atoms with van der Waals surface area (Å²) in [6.45, 7) is 6.93. The van der Waals surface area contributed by atoms with Gasteiger partial charge in [0.05, 0.1) is 5.60 Å². The monoisotopic (exact) mass is 252 g/mol. The first-order valence-electron chi connectivity index (χ1n) is 8.30. The van der Waals surface area contributed by atoms with E-state index in [1.54, 1.807) is 0 Å². The molecule has 0 aromatic rings. The van der Waals surface area contributed by atoms with Gasteiger partial charge in [0.25, 0.3) is 0 Å². The SMILES string of the molecule is CCC1CCC(C2(O)CCCCC2C(C)C)CC1. The van der Waals surface area contributed by atoms with Crippen LogP contribution in [0.3, 0.4) is 0 Å². The van der Waals surface area contributed by atoms with Gasteiger partial charge in [-0.25, -0.2) is 0 Å². The maximum Gasteiger partial charge on any atom is 0.0706 e. The minimum Gasteiger partial charge on any atom is -0.389 e. The third-order valence-corrected chi connectivity index (χ3v) is 5.92. The van der Waals surface area contributed by atoms with Crippen molar-refractivity contribution in [2.75, 3.05) is 0 Å². The van der Waals surface area contributed by atoms with Gasteiger partial charge in [-0.15, -0.1) is 0 Å². The Morgan fingerprint density at radius 3 is 2.28 bits per heavy atom. The standard InChI is InChI=1S/C17H32O/c1-4-14-8-10-15(11-9-14)17(18)12-6-5-7-16(17)13(2)3/h13-16,18H,4-12H2,1-3H3. The maximum atomic E-state index is 11.3. The van der Waals surface area contributed by atoms with Gasteiger partial charge in [-0.1, -0.05) is 52.9 Å². The third-order valence-electron chi connectivity index (χ3n) is 5.92. The van der Waals surface area contributed by atoms with Gasteiger partial charge in [0.2, 0.25) is 0 Å². The molecule has 1 N–H and O–H groups in total. The molecule has 0 spiro atoms. The smallest absolute Gasteiger partial charge is 0.0706 e. The maximum absolute atomic E-state index is 11.3. The van der Waals surface area contributed by atoms with Gasteiger partial charge in [0.1, 0.15) is 0 Å². The molecule has 2 fully saturated rings. The van der Waals surface area contributed by atoms with Crippen molar-refractivity contribution in [2.45, 2.75) is 84.2 Å². The van der Waals surface area contributed by atoms with Gasteiger partial charge in [-0.05, 0) is 49.4 Å². The quantitative estimate of drug-likeness (QED) is 0.766. The highest BCUT2D eigenvalue weighted by Gasteiger charge is 2.46. The van der Waals surface area contributed by atoms with Crippen molar-refractivity contribution in [3.63, 3.8) is 0 Å². The van der Waals surface area contributed by atoms with Crippen LogP contribution in [0.2, 0.25) is 0 Å². The van der Waals surface area contributed by atoms with E-state index < -0.39 is 0 Å². The number of rotatable bonds is 3. The lowest BCUT2D eigenvalue weighted by atomic mass is 9.60. The minimum absolute atomic E-state index is 0.328. The zero-order valence-corrected chi connectivity index (χ0v) is 12.6. The molecule has 0 radical (unpaired) electrons. The number of aliphatic hydroxyl groups is 1. The molecule has 0 aromatic carbocycles. The summed E-state index contributed by atoms with van der Waals surface area (Å²) in [5.74, 6) is 2.72. The van der Waals surface area contributed by atoms with Crippen LogP contribution >= 0.6 is 0 Å². The van der Waals surface area contributed by atoms with Crippen molar-refractivity contribution in [1.82, 2.24) is 0 Å². The molecule has 2 aliphatic rings. The Hall–Kier alpha value is -0.0400. The Morgan fingerprint density at radius 2 is 1.72 bits per heavy atom. The highest BCUT2D eigenvalue weighted by molar-refractivity contribution is 4.97. The van der Waals surface area contributed by atoms with E-state index in [1.807, 2.05) is 0 Å². The number of hydrogen-bond acceptors (Lipinski definition) is 1. The molecule has 0 amide bonds. The summed E-state index contributed by atoms with van der Waals surface area (Å²) >= 11 is 0. The molecular weight excluding hydrogens is 220 g/mol. The van der Waals surface area contributed by atoms with Crippen LogP contribution in [0.1, 0.15) is 78.6 Å². The molecule has 2 unspecified atom stereocenters.